The van der Waals surface area contributed by atoms with Gasteiger partial charge >= 0.3 is 18.1 Å². The smallest absolute Gasteiger partial charge is 0.465 e. The van der Waals surface area contributed by atoms with Crippen molar-refractivity contribution in [1.82, 2.24) is 5.32 Å². The minimum atomic E-state index is -1.73. The molecule has 9 nitrogen and oxygen atoms in total. The first-order valence-corrected chi connectivity index (χ1v) is 13.4. The van der Waals surface area contributed by atoms with Crippen LogP contribution in [0.5, 0.6) is 0 Å². The molecule has 218 valence electrons. The fraction of sp³-hybridized carbons (Fsp3) is 0.533. The van der Waals surface area contributed by atoms with Crippen molar-refractivity contribution in [2.24, 2.45) is 5.41 Å². The summed E-state index contributed by atoms with van der Waals surface area (Å²) in [6.45, 7) is 4.90. The molecule has 0 radical (unpaired) electrons. The maximum Gasteiger partial charge on any atom is 0.513 e. The molecule has 3 N–H and O–H groups in total. The lowest BCUT2D eigenvalue weighted by atomic mass is 9.87. The summed E-state index contributed by atoms with van der Waals surface area (Å²) in [5.74, 6) is -2.20. The van der Waals surface area contributed by atoms with E-state index in [0.717, 1.165) is 38.5 Å². The van der Waals surface area contributed by atoms with Crippen molar-refractivity contribution in [3.05, 3.63) is 60.8 Å². The van der Waals surface area contributed by atoms with E-state index in [0.29, 0.717) is 6.42 Å². The topological polar surface area (TPSA) is 139 Å². The van der Waals surface area contributed by atoms with E-state index in [9.17, 15) is 24.3 Å². The van der Waals surface area contributed by atoms with Gasteiger partial charge < -0.3 is 25.0 Å². The van der Waals surface area contributed by atoms with Crippen LogP contribution in [0, 0.1) is 5.41 Å². The summed E-state index contributed by atoms with van der Waals surface area (Å²) >= 11 is 0. The van der Waals surface area contributed by atoms with Crippen LogP contribution in [-0.2, 0) is 23.9 Å². The minimum absolute atomic E-state index is 0.164. The number of nitrogens with one attached hydrogen (secondary N) is 1. The molecule has 9 heteroatoms. The highest BCUT2D eigenvalue weighted by molar-refractivity contribution is 5.83. The number of amides is 1. The zero-order chi connectivity index (χ0) is 29.4. The van der Waals surface area contributed by atoms with E-state index >= 15 is 0 Å². The Morgan fingerprint density at radius 2 is 1.31 bits per heavy atom. The van der Waals surface area contributed by atoms with Crippen molar-refractivity contribution in [3.8, 4) is 0 Å². The maximum absolute atomic E-state index is 12.1. The molecule has 0 aromatic carbocycles. The Bertz CT molecular complexity index is 883. The first kappa shape index (κ1) is 35.5. The van der Waals surface area contributed by atoms with Crippen molar-refractivity contribution in [2.75, 3.05) is 13.2 Å². The first-order valence-electron chi connectivity index (χ1n) is 13.4. The van der Waals surface area contributed by atoms with Crippen molar-refractivity contribution >= 4 is 24.0 Å². The number of unbranched alkanes of at least 4 members (excludes halogenated alkanes) is 1. The van der Waals surface area contributed by atoms with Crippen molar-refractivity contribution in [3.63, 3.8) is 0 Å². The van der Waals surface area contributed by atoms with Crippen LogP contribution < -0.4 is 5.32 Å². The number of allylic oxidation sites excluding steroid dienone is 10. The van der Waals surface area contributed by atoms with Crippen LogP contribution in [-0.4, -0.2) is 53.5 Å². The fourth-order valence-corrected chi connectivity index (χ4v) is 3.04. The van der Waals surface area contributed by atoms with Gasteiger partial charge in [0, 0.05) is 18.4 Å². The number of hydrogen-bond acceptors (Lipinski definition) is 7. The molecule has 0 saturated heterocycles. The number of ether oxygens (including phenoxy) is 2. The maximum atomic E-state index is 12.1. The van der Waals surface area contributed by atoms with Crippen LogP contribution in [0.25, 0.3) is 0 Å². The number of carbonyl (C=O) groups is 4. The molecule has 0 aliphatic rings. The van der Waals surface area contributed by atoms with Crippen LogP contribution in [0.1, 0.15) is 78.6 Å². The van der Waals surface area contributed by atoms with Gasteiger partial charge in [0.1, 0.15) is 6.10 Å². The van der Waals surface area contributed by atoms with Crippen LogP contribution in [0.15, 0.2) is 60.8 Å². The van der Waals surface area contributed by atoms with E-state index in [4.69, 9.17) is 9.84 Å². The summed E-state index contributed by atoms with van der Waals surface area (Å²) in [5.41, 5.74) is -1.06. The van der Waals surface area contributed by atoms with Gasteiger partial charge in [-0.1, -0.05) is 81.5 Å². The standard InChI is InChI=1S/C30H45NO8/c1-4-5-6-7-8-9-10-11-12-13-14-15-16-17-18-19-20-21-25(32)38-24-30(2,3)27(34)28(35)31-23-22-26(33)39-29(36)37/h5-6,8-9,11-12,14-15,17-18,27,34H,4,7,10,13,16,19-24H2,1-3H3,(H,31,35)(H,36,37)/b6-5-,9-8-,12-11-,15-14-,18-17-/t27-/m0/s1. The molecular formula is C30H45NO8. The molecule has 0 aromatic rings. The molecule has 1 amide bonds. The lowest BCUT2D eigenvalue weighted by molar-refractivity contribution is -0.153. The molecule has 0 spiro atoms. The third-order valence-electron chi connectivity index (χ3n) is 5.33. The minimum Gasteiger partial charge on any atom is -0.465 e. The average molecular weight is 548 g/mol. The van der Waals surface area contributed by atoms with Gasteiger partial charge in [0.25, 0.3) is 0 Å². The van der Waals surface area contributed by atoms with Crippen LogP contribution in [0.4, 0.5) is 4.79 Å². The van der Waals surface area contributed by atoms with E-state index in [1.165, 1.54) is 0 Å². The Morgan fingerprint density at radius 1 is 0.795 bits per heavy atom. The van der Waals surface area contributed by atoms with E-state index in [1.54, 1.807) is 13.8 Å². The quantitative estimate of drug-likeness (QED) is 0.0778. The Kier molecular flexibility index (Phi) is 20.5. The predicted molar refractivity (Wildman–Crippen MR) is 151 cm³/mol. The zero-order valence-corrected chi connectivity index (χ0v) is 23.5. The summed E-state index contributed by atoms with van der Waals surface area (Å²) in [4.78, 5) is 45.5. The number of carboxylic acid groups (broad SMARTS) is 1. The Hall–Kier alpha value is -3.46. The van der Waals surface area contributed by atoms with Gasteiger partial charge in [0.2, 0.25) is 5.91 Å². The van der Waals surface area contributed by atoms with Gasteiger partial charge in [-0.05, 0) is 44.9 Å². The van der Waals surface area contributed by atoms with E-state index in [2.05, 4.69) is 71.7 Å². The Balaban J connectivity index is 4.00. The largest absolute Gasteiger partial charge is 0.513 e. The molecular weight excluding hydrogens is 502 g/mol. The van der Waals surface area contributed by atoms with E-state index < -0.39 is 35.5 Å². The van der Waals surface area contributed by atoms with Crippen LogP contribution in [0.2, 0.25) is 0 Å². The summed E-state index contributed by atoms with van der Waals surface area (Å²) in [6.07, 6.45) is 24.0. The third-order valence-corrected chi connectivity index (χ3v) is 5.33. The molecule has 0 fully saturated rings. The molecule has 0 unspecified atom stereocenters. The molecule has 1 atom stereocenters. The third kappa shape index (κ3) is 21.2. The van der Waals surface area contributed by atoms with Gasteiger partial charge in [0.15, 0.2) is 0 Å². The molecule has 0 heterocycles. The zero-order valence-electron chi connectivity index (χ0n) is 23.5. The number of carbonyl (C=O) groups excluding carboxylic acids is 3. The highest BCUT2D eigenvalue weighted by atomic mass is 16.7. The first-order chi connectivity index (χ1) is 18.6. The molecule has 0 aromatic heterocycles. The van der Waals surface area contributed by atoms with Gasteiger partial charge in [-0.15, -0.1) is 0 Å². The van der Waals surface area contributed by atoms with Crippen LogP contribution >= 0.6 is 0 Å². The summed E-state index contributed by atoms with van der Waals surface area (Å²) in [5, 5.41) is 20.9. The highest BCUT2D eigenvalue weighted by Gasteiger charge is 2.35. The van der Waals surface area contributed by atoms with Crippen LogP contribution in [0.3, 0.4) is 0 Å². The number of esters is 2. The number of hydrogen-bond donors (Lipinski definition) is 3. The number of aliphatic hydroxyl groups excluding tert-OH is 1. The van der Waals surface area contributed by atoms with Crippen molar-refractivity contribution in [1.29, 1.82) is 0 Å². The molecule has 0 rings (SSSR count). The van der Waals surface area contributed by atoms with E-state index in [1.807, 2.05) is 6.08 Å². The summed E-state index contributed by atoms with van der Waals surface area (Å²) in [7, 11) is 0. The molecule has 0 aliphatic carbocycles. The SMILES string of the molecule is CC/C=C\C/C=C\C/C=C\C/C=C\C/C=C\CCCC(=O)OCC(C)(C)[C@@H](O)C(=O)NCCC(=O)OC(=O)O. The van der Waals surface area contributed by atoms with Gasteiger partial charge in [0.05, 0.1) is 13.0 Å². The predicted octanol–water partition coefficient (Wildman–Crippen LogP) is 5.57. The monoisotopic (exact) mass is 547 g/mol. The lowest BCUT2D eigenvalue weighted by Gasteiger charge is -2.29. The van der Waals surface area contributed by atoms with Crippen molar-refractivity contribution in [2.45, 2.75) is 84.7 Å². The van der Waals surface area contributed by atoms with Gasteiger partial charge in [-0.25, -0.2) is 4.79 Å². The molecule has 0 saturated carbocycles. The Labute approximate surface area is 232 Å². The average Bonchev–Trinajstić information content (AvgIpc) is 2.88. The fourth-order valence-electron chi connectivity index (χ4n) is 3.04. The van der Waals surface area contributed by atoms with E-state index in [-0.39, 0.29) is 26.0 Å². The second-order valence-electron chi connectivity index (χ2n) is 9.43. The molecule has 0 bridgehead atoms. The number of aliphatic hydroxyl groups is 1. The number of rotatable bonds is 20. The second kappa shape index (κ2) is 22.5. The lowest BCUT2D eigenvalue weighted by Crippen LogP contribution is -2.46. The van der Waals surface area contributed by atoms with Crippen molar-refractivity contribution < 1.29 is 38.9 Å². The molecule has 0 aliphatic heterocycles. The van der Waals surface area contributed by atoms with Gasteiger partial charge in [-0.2, -0.15) is 0 Å². The second-order valence-corrected chi connectivity index (χ2v) is 9.43. The Morgan fingerprint density at radius 3 is 1.82 bits per heavy atom. The van der Waals surface area contributed by atoms with Gasteiger partial charge in [-0.3, -0.25) is 14.4 Å². The normalized spacial score (nSPS) is 13.1. The molecule has 39 heavy (non-hydrogen) atoms. The highest BCUT2D eigenvalue weighted by Crippen LogP contribution is 2.22. The summed E-state index contributed by atoms with van der Waals surface area (Å²) < 4.78 is 9.14. The summed E-state index contributed by atoms with van der Waals surface area (Å²) in [6, 6.07) is 0.